The Balaban J connectivity index is 0.00000364. The number of halogens is 1. The van der Waals surface area contributed by atoms with Gasteiger partial charge in [-0.2, -0.15) is 0 Å². The molecule has 1 aromatic carbocycles. The average molecular weight is 491 g/mol. The number of nitrogens with one attached hydrogen (secondary N) is 3. The zero-order chi connectivity index (χ0) is 18.6. The van der Waals surface area contributed by atoms with Gasteiger partial charge in [-0.25, -0.2) is 9.79 Å². The molecule has 0 bridgehead atoms. The summed E-state index contributed by atoms with van der Waals surface area (Å²) in [5.74, 6) is 0.803. The number of rotatable bonds is 7. The summed E-state index contributed by atoms with van der Waals surface area (Å²) in [6.45, 7) is 8.84. The lowest BCUT2D eigenvalue weighted by molar-refractivity contribution is 0.0389. The van der Waals surface area contributed by atoms with Crippen LogP contribution in [0.5, 0.6) is 0 Å². The van der Waals surface area contributed by atoms with Gasteiger partial charge in [-0.3, -0.25) is 10.2 Å². The van der Waals surface area contributed by atoms with E-state index in [0.717, 1.165) is 57.5 Å². The molecule has 1 aliphatic rings. The van der Waals surface area contributed by atoms with Crippen LogP contribution in [0.25, 0.3) is 0 Å². The molecule has 1 fully saturated rings. The molecule has 0 unspecified atom stereocenters. The summed E-state index contributed by atoms with van der Waals surface area (Å²) < 4.78 is 9.93. The fraction of sp³-hybridized carbons (Fsp3) is 0.556. The fourth-order valence-corrected chi connectivity index (χ4v) is 2.53. The Morgan fingerprint density at radius 1 is 1.22 bits per heavy atom. The first-order valence-electron chi connectivity index (χ1n) is 8.97. The van der Waals surface area contributed by atoms with Crippen molar-refractivity contribution >= 4 is 41.7 Å². The summed E-state index contributed by atoms with van der Waals surface area (Å²) >= 11 is 0. The number of anilines is 1. The smallest absolute Gasteiger partial charge is 0.411 e. The molecule has 0 atom stereocenters. The van der Waals surface area contributed by atoms with Gasteiger partial charge >= 0.3 is 6.09 Å². The van der Waals surface area contributed by atoms with Gasteiger partial charge in [0.25, 0.3) is 0 Å². The van der Waals surface area contributed by atoms with Crippen LogP contribution in [0.2, 0.25) is 0 Å². The van der Waals surface area contributed by atoms with Crippen molar-refractivity contribution in [3.63, 3.8) is 0 Å². The van der Waals surface area contributed by atoms with E-state index in [-0.39, 0.29) is 24.0 Å². The topological polar surface area (TPSA) is 87.2 Å². The quantitative estimate of drug-likeness (QED) is 0.307. The van der Waals surface area contributed by atoms with Crippen molar-refractivity contribution < 1.29 is 14.3 Å². The number of guanidine groups is 1. The highest BCUT2D eigenvalue weighted by Crippen LogP contribution is 2.10. The van der Waals surface area contributed by atoms with E-state index < -0.39 is 6.09 Å². The van der Waals surface area contributed by atoms with Gasteiger partial charge in [0.1, 0.15) is 0 Å². The Kier molecular flexibility index (Phi) is 11.8. The van der Waals surface area contributed by atoms with Crippen LogP contribution in [-0.2, 0) is 16.0 Å². The van der Waals surface area contributed by atoms with Crippen molar-refractivity contribution in [2.75, 3.05) is 58.4 Å². The maximum atomic E-state index is 11.2. The van der Waals surface area contributed by atoms with Gasteiger partial charge in [0.15, 0.2) is 5.96 Å². The predicted octanol–water partition coefficient (Wildman–Crippen LogP) is 1.87. The lowest BCUT2D eigenvalue weighted by Gasteiger charge is -2.26. The summed E-state index contributed by atoms with van der Waals surface area (Å²) in [6.07, 6.45) is -0.477. The Labute approximate surface area is 178 Å². The molecule has 0 spiro atoms. The van der Waals surface area contributed by atoms with E-state index in [9.17, 15) is 4.79 Å². The molecular formula is C18H30IN5O3. The van der Waals surface area contributed by atoms with Crippen molar-refractivity contribution in [3.8, 4) is 0 Å². The van der Waals surface area contributed by atoms with Crippen LogP contribution in [0.15, 0.2) is 29.3 Å². The third-order valence-electron chi connectivity index (χ3n) is 3.97. The molecule has 0 radical (unpaired) electrons. The number of carbonyl (C=O) groups excluding carboxylic acids is 1. The van der Waals surface area contributed by atoms with Gasteiger partial charge in [0.05, 0.1) is 26.9 Å². The number of hydrogen-bond acceptors (Lipinski definition) is 5. The summed E-state index contributed by atoms with van der Waals surface area (Å²) in [5.41, 5.74) is 1.76. The molecule has 1 aliphatic heterocycles. The van der Waals surface area contributed by atoms with Crippen LogP contribution < -0.4 is 16.0 Å². The Morgan fingerprint density at radius 2 is 1.93 bits per heavy atom. The number of benzene rings is 1. The second-order valence-corrected chi connectivity index (χ2v) is 5.89. The molecule has 152 valence electrons. The first-order chi connectivity index (χ1) is 12.7. The molecule has 1 saturated heterocycles. The predicted molar refractivity (Wildman–Crippen MR) is 118 cm³/mol. The van der Waals surface area contributed by atoms with E-state index in [2.05, 4.69) is 30.6 Å². The van der Waals surface area contributed by atoms with Crippen LogP contribution >= 0.6 is 24.0 Å². The van der Waals surface area contributed by atoms with E-state index in [1.54, 1.807) is 0 Å². The second-order valence-electron chi connectivity index (χ2n) is 5.89. The van der Waals surface area contributed by atoms with Crippen molar-refractivity contribution in [1.29, 1.82) is 0 Å². The van der Waals surface area contributed by atoms with Gasteiger partial charge in [0.2, 0.25) is 0 Å². The number of carbonyl (C=O) groups is 1. The fourth-order valence-electron chi connectivity index (χ4n) is 2.53. The van der Waals surface area contributed by atoms with Gasteiger partial charge < -0.3 is 20.1 Å². The standard InChI is InChI=1S/C18H29N5O3.HI/c1-3-19-17(20-8-9-23-10-12-26-13-11-23)21-14-15-4-6-16(7-5-15)22-18(24)25-2;/h4-7H,3,8-14H2,1-2H3,(H,22,24)(H2,19,20,21);1H. The zero-order valence-electron chi connectivity index (χ0n) is 16.0. The van der Waals surface area contributed by atoms with E-state index >= 15 is 0 Å². The third-order valence-corrected chi connectivity index (χ3v) is 3.97. The second kappa shape index (κ2) is 13.6. The highest BCUT2D eigenvalue weighted by Gasteiger charge is 2.09. The van der Waals surface area contributed by atoms with Crippen LogP contribution in [0.4, 0.5) is 10.5 Å². The number of aliphatic imine (C=N–C) groups is 1. The average Bonchev–Trinajstić information content (AvgIpc) is 2.68. The first-order valence-corrected chi connectivity index (χ1v) is 8.97. The van der Waals surface area contributed by atoms with Gasteiger partial charge in [-0.05, 0) is 24.6 Å². The minimum atomic E-state index is -0.477. The molecule has 27 heavy (non-hydrogen) atoms. The van der Waals surface area contributed by atoms with E-state index in [4.69, 9.17) is 4.74 Å². The lowest BCUT2D eigenvalue weighted by Crippen LogP contribution is -2.44. The van der Waals surface area contributed by atoms with Gasteiger partial charge in [-0.15, -0.1) is 24.0 Å². The Hall–Kier alpha value is -1.59. The highest BCUT2D eigenvalue weighted by molar-refractivity contribution is 14.0. The molecular weight excluding hydrogens is 461 g/mol. The molecule has 3 N–H and O–H groups in total. The summed E-state index contributed by atoms with van der Waals surface area (Å²) in [7, 11) is 1.34. The van der Waals surface area contributed by atoms with Crippen molar-refractivity contribution in [2.24, 2.45) is 4.99 Å². The molecule has 8 nitrogen and oxygen atoms in total. The number of morpholine rings is 1. The lowest BCUT2D eigenvalue weighted by atomic mass is 10.2. The molecule has 0 saturated carbocycles. The molecule has 1 heterocycles. The Morgan fingerprint density at radius 3 is 2.56 bits per heavy atom. The normalized spacial score (nSPS) is 14.8. The SMILES string of the molecule is CCNC(=NCc1ccc(NC(=O)OC)cc1)NCCN1CCOCC1.I. The van der Waals surface area contributed by atoms with Crippen LogP contribution in [0, 0.1) is 0 Å². The number of nitrogens with zero attached hydrogens (tertiary/aromatic N) is 2. The van der Waals surface area contributed by atoms with E-state index in [0.29, 0.717) is 12.2 Å². The maximum absolute atomic E-state index is 11.2. The monoisotopic (exact) mass is 491 g/mol. The van der Waals surface area contributed by atoms with Crippen LogP contribution in [-0.4, -0.2) is 70.0 Å². The minimum Gasteiger partial charge on any atom is -0.453 e. The summed E-state index contributed by atoms with van der Waals surface area (Å²) in [4.78, 5) is 18.2. The van der Waals surface area contributed by atoms with Gasteiger partial charge in [0, 0.05) is 38.4 Å². The molecule has 9 heteroatoms. The van der Waals surface area contributed by atoms with E-state index in [1.807, 2.05) is 31.2 Å². The van der Waals surface area contributed by atoms with E-state index in [1.165, 1.54) is 7.11 Å². The third kappa shape index (κ3) is 9.25. The van der Waals surface area contributed by atoms with Crippen molar-refractivity contribution in [1.82, 2.24) is 15.5 Å². The summed E-state index contributed by atoms with van der Waals surface area (Å²) in [5, 5.41) is 9.25. The molecule has 2 rings (SSSR count). The largest absolute Gasteiger partial charge is 0.453 e. The minimum absolute atomic E-state index is 0. The highest BCUT2D eigenvalue weighted by atomic mass is 127. The number of hydrogen-bond donors (Lipinski definition) is 3. The van der Waals surface area contributed by atoms with Crippen LogP contribution in [0.1, 0.15) is 12.5 Å². The Bertz CT molecular complexity index is 577. The summed E-state index contributed by atoms with van der Waals surface area (Å²) in [6, 6.07) is 7.54. The molecule has 1 aromatic rings. The molecule has 1 amide bonds. The molecule has 0 aliphatic carbocycles. The van der Waals surface area contributed by atoms with Gasteiger partial charge in [-0.1, -0.05) is 12.1 Å². The zero-order valence-corrected chi connectivity index (χ0v) is 18.3. The maximum Gasteiger partial charge on any atom is 0.411 e. The first kappa shape index (κ1) is 23.4. The van der Waals surface area contributed by atoms with Crippen molar-refractivity contribution in [3.05, 3.63) is 29.8 Å². The molecule has 0 aromatic heterocycles. The number of ether oxygens (including phenoxy) is 2. The number of methoxy groups -OCH3 is 1. The van der Waals surface area contributed by atoms with Crippen LogP contribution in [0.3, 0.4) is 0 Å². The number of amides is 1. The van der Waals surface area contributed by atoms with Crippen molar-refractivity contribution in [2.45, 2.75) is 13.5 Å².